The smallest absolute Gasteiger partial charge is 0.407 e. The molecule has 0 fully saturated rings. The molecule has 0 heterocycles. The molecule has 0 bridgehead atoms. The molecule has 2 aromatic rings. The topological polar surface area (TPSA) is 105 Å². The van der Waals surface area contributed by atoms with E-state index >= 15 is 0 Å². The molecule has 0 radical (unpaired) electrons. The second kappa shape index (κ2) is 9.91. The lowest BCUT2D eigenvalue weighted by atomic mass is 9.98. The van der Waals surface area contributed by atoms with Crippen molar-refractivity contribution in [1.29, 1.82) is 0 Å². The van der Waals surface area contributed by atoms with Crippen LogP contribution in [0.4, 0.5) is 4.79 Å². The molecule has 0 spiro atoms. The highest BCUT2D eigenvalue weighted by Gasteiger charge is 2.29. The van der Waals surface area contributed by atoms with Crippen molar-refractivity contribution in [2.75, 3.05) is 13.2 Å². The lowest BCUT2D eigenvalue weighted by Gasteiger charge is -2.18. The van der Waals surface area contributed by atoms with Crippen LogP contribution in [-0.2, 0) is 14.3 Å². The summed E-state index contributed by atoms with van der Waals surface area (Å²) in [6, 6.07) is 15.4. The van der Waals surface area contributed by atoms with Crippen molar-refractivity contribution in [1.82, 2.24) is 10.6 Å². The molecule has 7 heteroatoms. The van der Waals surface area contributed by atoms with E-state index in [4.69, 9.17) is 9.84 Å². The number of carboxylic acids is 1. The fourth-order valence-corrected chi connectivity index (χ4v) is 3.71. The molecule has 0 aliphatic heterocycles. The van der Waals surface area contributed by atoms with Crippen molar-refractivity contribution in [3.8, 4) is 11.1 Å². The minimum atomic E-state index is -0.909. The molecule has 30 heavy (non-hydrogen) atoms. The van der Waals surface area contributed by atoms with E-state index in [2.05, 4.69) is 22.8 Å². The molecule has 158 valence electrons. The number of fused-ring (bicyclic) bond motifs is 3. The molecule has 0 saturated carbocycles. The van der Waals surface area contributed by atoms with Crippen LogP contribution in [0, 0.1) is 0 Å². The van der Waals surface area contributed by atoms with Crippen molar-refractivity contribution in [2.45, 2.75) is 38.1 Å². The van der Waals surface area contributed by atoms with Gasteiger partial charge in [0.15, 0.2) is 0 Å². The van der Waals surface area contributed by atoms with Crippen molar-refractivity contribution in [3.63, 3.8) is 0 Å². The summed E-state index contributed by atoms with van der Waals surface area (Å²) in [4.78, 5) is 35.1. The Balaban J connectivity index is 1.55. The van der Waals surface area contributed by atoms with Crippen LogP contribution in [-0.4, -0.2) is 42.3 Å². The molecule has 0 saturated heterocycles. The minimum Gasteiger partial charge on any atom is -0.481 e. The second-order valence-corrected chi connectivity index (χ2v) is 7.22. The van der Waals surface area contributed by atoms with Gasteiger partial charge in [-0.05, 0) is 35.1 Å². The van der Waals surface area contributed by atoms with Crippen LogP contribution in [0.15, 0.2) is 48.5 Å². The Morgan fingerprint density at radius 1 is 1.03 bits per heavy atom. The third-order valence-corrected chi connectivity index (χ3v) is 5.23. The highest BCUT2D eigenvalue weighted by molar-refractivity contribution is 5.85. The number of hydrogen-bond acceptors (Lipinski definition) is 4. The van der Waals surface area contributed by atoms with Crippen molar-refractivity contribution in [3.05, 3.63) is 59.7 Å². The number of carbonyl (C=O) groups is 3. The molecule has 0 unspecified atom stereocenters. The van der Waals surface area contributed by atoms with Gasteiger partial charge in [0.25, 0.3) is 0 Å². The van der Waals surface area contributed by atoms with E-state index in [1.807, 2.05) is 36.4 Å². The first-order chi connectivity index (χ1) is 14.5. The number of nitrogens with one attached hydrogen (secondary N) is 2. The van der Waals surface area contributed by atoms with Crippen molar-refractivity contribution in [2.24, 2.45) is 0 Å². The molecule has 1 atom stereocenters. The zero-order valence-electron chi connectivity index (χ0n) is 16.9. The van der Waals surface area contributed by atoms with Gasteiger partial charge < -0.3 is 20.5 Å². The molecule has 0 aromatic heterocycles. The van der Waals surface area contributed by atoms with Gasteiger partial charge >= 0.3 is 12.1 Å². The van der Waals surface area contributed by atoms with Crippen molar-refractivity contribution >= 4 is 18.0 Å². The zero-order valence-corrected chi connectivity index (χ0v) is 16.9. The van der Waals surface area contributed by atoms with Crippen LogP contribution < -0.4 is 10.6 Å². The zero-order chi connectivity index (χ0) is 21.5. The Morgan fingerprint density at radius 2 is 1.63 bits per heavy atom. The second-order valence-electron chi connectivity index (χ2n) is 7.22. The number of rotatable bonds is 9. The van der Waals surface area contributed by atoms with Crippen molar-refractivity contribution < 1.29 is 24.2 Å². The SMILES string of the molecule is CC[C@@H](NC(=O)OCC1c2ccccc2-c2ccccc21)C(=O)NCCCC(=O)O. The summed E-state index contributed by atoms with van der Waals surface area (Å²) in [7, 11) is 0. The van der Waals surface area contributed by atoms with Crippen LogP contribution in [0.2, 0.25) is 0 Å². The maximum atomic E-state index is 12.3. The summed E-state index contributed by atoms with van der Waals surface area (Å²) in [6.07, 6.45) is 0.0679. The van der Waals surface area contributed by atoms with E-state index in [0.29, 0.717) is 12.8 Å². The fourth-order valence-electron chi connectivity index (χ4n) is 3.71. The fraction of sp³-hybridized carbons (Fsp3) is 0.348. The molecule has 2 amide bonds. The number of aliphatic carboxylic acids is 1. The summed E-state index contributed by atoms with van der Waals surface area (Å²) < 4.78 is 5.47. The van der Waals surface area contributed by atoms with Gasteiger partial charge in [-0.15, -0.1) is 0 Å². The van der Waals surface area contributed by atoms with Crippen LogP contribution in [0.3, 0.4) is 0 Å². The Hall–Kier alpha value is -3.35. The standard InChI is InChI=1S/C23H26N2O5/c1-2-20(22(28)24-13-7-12-21(26)27)25-23(29)30-14-19-17-10-5-3-8-15(17)16-9-4-6-11-18(16)19/h3-6,8-11,19-20H,2,7,12-14H2,1H3,(H,24,28)(H,25,29)(H,26,27)/t20-/m1/s1. The van der Waals surface area contributed by atoms with Gasteiger partial charge in [0, 0.05) is 18.9 Å². The highest BCUT2D eigenvalue weighted by Crippen LogP contribution is 2.44. The van der Waals surface area contributed by atoms with Crippen LogP contribution in [0.1, 0.15) is 43.2 Å². The summed E-state index contributed by atoms with van der Waals surface area (Å²) >= 11 is 0. The van der Waals surface area contributed by atoms with Crippen LogP contribution >= 0.6 is 0 Å². The molecule has 1 aliphatic rings. The normalized spacial score (nSPS) is 13.1. The molecule has 2 aromatic carbocycles. The van der Waals surface area contributed by atoms with Gasteiger partial charge in [-0.25, -0.2) is 4.79 Å². The third kappa shape index (κ3) is 4.97. The number of amides is 2. The largest absolute Gasteiger partial charge is 0.481 e. The predicted molar refractivity (Wildman–Crippen MR) is 112 cm³/mol. The molecule has 1 aliphatic carbocycles. The minimum absolute atomic E-state index is 0.0170. The summed E-state index contributed by atoms with van der Waals surface area (Å²) in [5.41, 5.74) is 4.54. The number of alkyl carbamates (subject to hydrolysis) is 1. The maximum absolute atomic E-state index is 12.3. The molecular formula is C23H26N2O5. The van der Waals surface area contributed by atoms with E-state index in [0.717, 1.165) is 22.3 Å². The quantitative estimate of drug-likeness (QED) is 0.550. The Bertz CT molecular complexity index is 882. The first-order valence-electron chi connectivity index (χ1n) is 10.1. The average Bonchev–Trinajstić information content (AvgIpc) is 3.07. The predicted octanol–water partition coefficient (Wildman–Crippen LogP) is 3.28. The maximum Gasteiger partial charge on any atom is 0.407 e. The first-order valence-corrected chi connectivity index (χ1v) is 10.1. The van der Waals surface area contributed by atoms with Gasteiger partial charge in [0.05, 0.1) is 0 Å². The van der Waals surface area contributed by atoms with Gasteiger partial charge in [0.1, 0.15) is 12.6 Å². The van der Waals surface area contributed by atoms with Crippen LogP contribution in [0.25, 0.3) is 11.1 Å². The highest BCUT2D eigenvalue weighted by atomic mass is 16.5. The van der Waals surface area contributed by atoms with Gasteiger partial charge in [0.2, 0.25) is 5.91 Å². The van der Waals surface area contributed by atoms with Gasteiger partial charge in [-0.2, -0.15) is 0 Å². The van der Waals surface area contributed by atoms with Gasteiger partial charge in [-0.3, -0.25) is 9.59 Å². The Labute approximate surface area is 175 Å². The van der Waals surface area contributed by atoms with E-state index in [1.165, 1.54) is 0 Å². The summed E-state index contributed by atoms with van der Waals surface area (Å²) in [5.74, 6) is -1.31. The third-order valence-electron chi connectivity index (χ3n) is 5.23. The molecular weight excluding hydrogens is 384 g/mol. The van der Waals surface area contributed by atoms with Crippen LogP contribution in [0.5, 0.6) is 0 Å². The lowest BCUT2D eigenvalue weighted by molar-refractivity contribution is -0.137. The van der Waals surface area contributed by atoms with Gasteiger partial charge in [-0.1, -0.05) is 55.5 Å². The first kappa shape index (κ1) is 21.4. The number of benzene rings is 2. The number of ether oxygens (including phenoxy) is 1. The molecule has 3 rings (SSSR count). The van der Waals surface area contributed by atoms with E-state index < -0.39 is 18.1 Å². The van der Waals surface area contributed by atoms with E-state index in [1.54, 1.807) is 6.92 Å². The molecule has 7 nitrogen and oxygen atoms in total. The lowest BCUT2D eigenvalue weighted by Crippen LogP contribution is -2.47. The number of carbonyl (C=O) groups excluding carboxylic acids is 2. The summed E-state index contributed by atoms with van der Waals surface area (Å²) in [6.45, 7) is 2.20. The Kier molecular flexibility index (Phi) is 7.06. The average molecular weight is 410 g/mol. The summed E-state index contributed by atoms with van der Waals surface area (Å²) in [5, 5.41) is 13.9. The molecule has 3 N–H and O–H groups in total. The number of carboxylic acid groups (broad SMARTS) is 1. The Morgan fingerprint density at radius 3 is 2.20 bits per heavy atom. The van der Waals surface area contributed by atoms with E-state index in [9.17, 15) is 14.4 Å². The van der Waals surface area contributed by atoms with E-state index in [-0.39, 0.29) is 31.4 Å². The monoisotopic (exact) mass is 410 g/mol. The number of hydrogen-bond donors (Lipinski definition) is 3.